The third-order valence-corrected chi connectivity index (χ3v) is 2.03. The average Bonchev–Trinajstić information content (AvgIpc) is 2.19. The molecular weight excluding hydrogens is 174 g/mol. The van der Waals surface area contributed by atoms with Crippen LogP contribution in [-0.4, -0.2) is 5.91 Å². The molecule has 0 aromatic heterocycles. The smallest absolute Gasteiger partial charge is 0.246 e. The molecule has 0 aliphatic carbocycles. The van der Waals surface area contributed by atoms with Gasteiger partial charge in [-0.1, -0.05) is 36.9 Å². The van der Waals surface area contributed by atoms with E-state index in [4.69, 9.17) is 0 Å². The van der Waals surface area contributed by atoms with Crippen LogP contribution in [0.4, 0.5) is 0 Å². The van der Waals surface area contributed by atoms with E-state index in [1.807, 2.05) is 37.3 Å². The maximum Gasteiger partial charge on any atom is 0.246 e. The maximum atomic E-state index is 11.3. The first-order valence-electron chi connectivity index (χ1n) is 4.62. The fourth-order valence-corrected chi connectivity index (χ4v) is 1.14. The summed E-state index contributed by atoms with van der Waals surface area (Å²) in [6.45, 7) is 7.25. The zero-order chi connectivity index (χ0) is 10.6. The number of hydrogen-bond donors (Lipinski definition) is 1. The Hall–Kier alpha value is -1.57. The van der Waals surface area contributed by atoms with Crippen LogP contribution in [0, 0.1) is 0 Å². The van der Waals surface area contributed by atoms with E-state index >= 15 is 0 Å². The van der Waals surface area contributed by atoms with Gasteiger partial charge in [-0.3, -0.25) is 4.79 Å². The van der Waals surface area contributed by atoms with Crippen molar-refractivity contribution in [1.29, 1.82) is 0 Å². The summed E-state index contributed by atoms with van der Waals surface area (Å²) in [5.74, 6) is -0.0960. The van der Waals surface area contributed by atoms with Gasteiger partial charge < -0.3 is 5.32 Å². The first-order valence-corrected chi connectivity index (χ1v) is 4.62. The van der Waals surface area contributed by atoms with E-state index in [1.165, 1.54) is 0 Å². The molecule has 0 aliphatic heterocycles. The van der Waals surface area contributed by atoms with E-state index in [1.54, 1.807) is 6.92 Å². The van der Waals surface area contributed by atoms with Crippen molar-refractivity contribution < 1.29 is 4.79 Å². The molecule has 1 amide bonds. The fourth-order valence-electron chi connectivity index (χ4n) is 1.14. The second-order valence-corrected chi connectivity index (χ2v) is 3.39. The number of amides is 1. The predicted octanol–water partition coefficient (Wildman–Crippen LogP) is 2.44. The molecule has 1 N–H and O–H groups in total. The van der Waals surface area contributed by atoms with Gasteiger partial charge in [0.2, 0.25) is 5.91 Å². The van der Waals surface area contributed by atoms with Crippen LogP contribution in [0.5, 0.6) is 0 Å². The topological polar surface area (TPSA) is 29.1 Å². The summed E-state index contributed by atoms with van der Waals surface area (Å²) in [5, 5.41) is 2.86. The molecule has 2 heteroatoms. The van der Waals surface area contributed by atoms with Gasteiger partial charge >= 0.3 is 0 Å². The quantitative estimate of drug-likeness (QED) is 0.727. The van der Waals surface area contributed by atoms with Gasteiger partial charge in [-0.15, -0.1) is 0 Å². The summed E-state index contributed by atoms with van der Waals surface area (Å²) in [5.41, 5.74) is 1.63. The monoisotopic (exact) mass is 189 g/mol. The Morgan fingerprint density at radius 1 is 1.36 bits per heavy atom. The van der Waals surface area contributed by atoms with E-state index in [2.05, 4.69) is 11.9 Å². The maximum absolute atomic E-state index is 11.3. The highest BCUT2D eigenvalue weighted by Gasteiger charge is 2.08. The van der Waals surface area contributed by atoms with Crippen LogP contribution in [0.1, 0.15) is 25.5 Å². The minimum atomic E-state index is -0.0960. The molecule has 0 aliphatic rings. The Labute approximate surface area is 84.6 Å². The number of benzene rings is 1. The number of carbonyl (C=O) groups is 1. The normalized spacial score (nSPS) is 11.9. The molecule has 14 heavy (non-hydrogen) atoms. The van der Waals surface area contributed by atoms with E-state index < -0.39 is 0 Å². The van der Waals surface area contributed by atoms with Crippen LogP contribution in [0.3, 0.4) is 0 Å². The molecule has 0 spiro atoms. The number of carbonyl (C=O) groups excluding carboxylic acids is 1. The number of nitrogens with one attached hydrogen (secondary N) is 1. The van der Waals surface area contributed by atoms with Crippen LogP contribution in [0.2, 0.25) is 0 Å². The minimum absolute atomic E-state index is 0.0281. The summed E-state index contributed by atoms with van der Waals surface area (Å²) < 4.78 is 0. The number of hydrogen-bond acceptors (Lipinski definition) is 1. The standard InChI is InChI=1S/C12H15NO/c1-9(2)12(14)13-10(3)11-7-5-4-6-8-11/h4-8,10H,1H2,2-3H3,(H,13,14)/t10-/m0/s1. The zero-order valence-corrected chi connectivity index (χ0v) is 8.58. The fraction of sp³-hybridized carbons (Fsp3) is 0.250. The van der Waals surface area contributed by atoms with Gasteiger partial charge in [0.15, 0.2) is 0 Å². The van der Waals surface area contributed by atoms with Crippen LogP contribution in [0.15, 0.2) is 42.5 Å². The van der Waals surface area contributed by atoms with Crippen LogP contribution >= 0.6 is 0 Å². The molecule has 0 bridgehead atoms. The second kappa shape index (κ2) is 4.61. The van der Waals surface area contributed by atoms with Gasteiger partial charge in [0.25, 0.3) is 0 Å². The van der Waals surface area contributed by atoms with E-state index in [-0.39, 0.29) is 11.9 Å². The molecule has 0 saturated heterocycles. The molecule has 1 atom stereocenters. The summed E-state index contributed by atoms with van der Waals surface area (Å²) >= 11 is 0. The Morgan fingerprint density at radius 3 is 2.43 bits per heavy atom. The predicted molar refractivity (Wildman–Crippen MR) is 57.8 cm³/mol. The van der Waals surface area contributed by atoms with Crippen molar-refractivity contribution in [2.24, 2.45) is 0 Å². The molecule has 1 rings (SSSR count). The molecular formula is C12H15NO. The minimum Gasteiger partial charge on any atom is -0.346 e. The van der Waals surface area contributed by atoms with E-state index in [0.717, 1.165) is 5.56 Å². The SMILES string of the molecule is C=C(C)C(=O)N[C@@H](C)c1ccccc1. The number of rotatable bonds is 3. The van der Waals surface area contributed by atoms with Crippen molar-refractivity contribution in [2.75, 3.05) is 0 Å². The lowest BCUT2D eigenvalue weighted by Gasteiger charge is -2.13. The zero-order valence-electron chi connectivity index (χ0n) is 8.58. The molecule has 2 nitrogen and oxygen atoms in total. The largest absolute Gasteiger partial charge is 0.346 e. The van der Waals surface area contributed by atoms with Crippen molar-refractivity contribution in [2.45, 2.75) is 19.9 Å². The van der Waals surface area contributed by atoms with Crippen LogP contribution in [-0.2, 0) is 4.79 Å². The summed E-state index contributed by atoms with van der Waals surface area (Å²) in [6.07, 6.45) is 0. The lowest BCUT2D eigenvalue weighted by Crippen LogP contribution is -2.26. The van der Waals surface area contributed by atoms with Gasteiger partial charge in [-0.05, 0) is 19.4 Å². The molecule has 0 saturated carbocycles. The average molecular weight is 189 g/mol. The Balaban J connectivity index is 2.64. The van der Waals surface area contributed by atoms with Crippen LogP contribution in [0.25, 0.3) is 0 Å². The highest BCUT2D eigenvalue weighted by molar-refractivity contribution is 5.92. The summed E-state index contributed by atoms with van der Waals surface area (Å²) in [7, 11) is 0. The van der Waals surface area contributed by atoms with Gasteiger partial charge in [0.1, 0.15) is 0 Å². The third-order valence-electron chi connectivity index (χ3n) is 2.03. The Morgan fingerprint density at radius 2 is 1.93 bits per heavy atom. The molecule has 1 aromatic carbocycles. The van der Waals surface area contributed by atoms with Gasteiger partial charge in [-0.2, -0.15) is 0 Å². The van der Waals surface area contributed by atoms with Crippen LogP contribution < -0.4 is 5.32 Å². The second-order valence-electron chi connectivity index (χ2n) is 3.39. The first kappa shape index (κ1) is 10.5. The van der Waals surface area contributed by atoms with Gasteiger partial charge in [0.05, 0.1) is 6.04 Å². The van der Waals surface area contributed by atoms with Gasteiger partial charge in [-0.25, -0.2) is 0 Å². The van der Waals surface area contributed by atoms with Crippen molar-refractivity contribution in [1.82, 2.24) is 5.32 Å². The molecule has 74 valence electrons. The molecule has 0 unspecified atom stereocenters. The van der Waals surface area contributed by atoms with Crippen molar-refractivity contribution >= 4 is 5.91 Å². The molecule has 0 fully saturated rings. The first-order chi connectivity index (χ1) is 6.61. The lowest BCUT2D eigenvalue weighted by atomic mass is 10.1. The third kappa shape index (κ3) is 2.73. The molecule has 1 aromatic rings. The van der Waals surface area contributed by atoms with E-state index in [0.29, 0.717) is 5.57 Å². The Kier molecular flexibility index (Phi) is 3.46. The highest BCUT2D eigenvalue weighted by Crippen LogP contribution is 2.11. The lowest BCUT2D eigenvalue weighted by molar-refractivity contribution is -0.118. The van der Waals surface area contributed by atoms with Crippen molar-refractivity contribution in [3.63, 3.8) is 0 Å². The van der Waals surface area contributed by atoms with E-state index in [9.17, 15) is 4.79 Å². The summed E-state index contributed by atoms with van der Waals surface area (Å²) in [6, 6.07) is 9.88. The highest BCUT2D eigenvalue weighted by atomic mass is 16.1. The molecule has 0 radical (unpaired) electrons. The van der Waals surface area contributed by atoms with Crippen molar-refractivity contribution in [3.8, 4) is 0 Å². The Bertz CT molecular complexity index is 329. The summed E-state index contributed by atoms with van der Waals surface area (Å²) in [4.78, 5) is 11.3. The van der Waals surface area contributed by atoms with Crippen molar-refractivity contribution in [3.05, 3.63) is 48.0 Å². The van der Waals surface area contributed by atoms with Gasteiger partial charge in [0, 0.05) is 5.57 Å². The molecule has 0 heterocycles.